The minimum absolute atomic E-state index is 0.0146. The molecular formula is C20H35O5P. The van der Waals surface area contributed by atoms with Crippen LogP contribution in [0.5, 0.6) is 5.75 Å². The maximum atomic E-state index is 11.7. The van der Waals surface area contributed by atoms with Crippen molar-refractivity contribution in [1.29, 1.82) is 0 Å². The van der Waals surface area contributed by atoms with Gasteiger partial charge < -0.3 is 9.63 Å². The quantitative estimate of drug-likeness (QED) is 0.258. The minimum Gasteiger partial charge on any atom is -0.491 e. The lowest BCUT2D eigenvalue weighted by atomic mass is 10.1. The molecule has 1 rings (SSSR count). The van der Waals surface area contributed by atoms with Crippen LogP contribution in [0.4, 0.5) is 0 Å². The third-order valence-electron chi connectivity index (χ3n) is 4.10. The Labute approximate surface area is 158 Å². The Balaban J connectivity index is 1.91. The summed E-state index contributed by atoms with van der Waals surface area (Å²) in [4.78, 5) is 9.61. The van der Waals surface area contributed by atoms with Gasteiger partial charge in [-0.1, -0.05) is 82.9 Å². The molecule has 0 aliphatic heterocycles. The first-order chi connectivity index (χ1) is 12.6. The first-order valence-electron chi connectivity index (χ1n) is 9.94. The predicted octanol–water partition coefficient (Wildman–Crippen LogP) is 6.12. The van der Waals surface area contributed by atoms with E-state index in [4.69, 9.17) is 13.8 Å². The van der Waals surface area contributed by atoms with Crippen LogP contribution in [0.1, 0.15) is 71.1 Å². The van der Waals surface area contributed by atoms with Crippen molar-refractivity contribution in [2.24, 2.45) is 0 Å². The van der Waals surface area contributed by atoms with Gasteiger partial charge >= 0.3 is 7.82 Å². The third-order valence-corrected chi connectivity index (χ3v) is 5.12. The van der Waals surface area contributed by atoms with Gasteiger partial charge in [0.2, 0.25) is 0 Å². The Morgan fingerprint density at radius 1 is 0.769 bits per heavy atom. The highest BCUT2D eigenvalue weighted by atomic mass is 31.2. The van der Waals surface area contributed by atoms with Gasteiger partial charge in [-0.15, -0.1) is 0 Å². The normalized spacial score (nSPS) is 13.5. The molecule has 0 spiro atoms. The number of ether oxygens (including phenoxy) is 1. The Morgan fingerprint density at radius 3 is 1.92 bits per heavy atom. The first-order valence-corrected chi connectivity index (χ1v) is 11.4. The fraction of sp³-hybridized carbons (Fsp3) is 0.700. The third kappa shape index (κ3) is 13.3. The van der Waals surface area contributed by atoms with E-state index in [0.29, 0.717) is 5.75 Å². The summed E-state index contributed by atoms with van der Waals surface area (Å²) in [6, 6.07) is 9.26. The zero-order valence-corrected chi connectivity index (χ0v) is 17.0. The van der Waals surface area contributed by atoms with Crippen molar-refractivity contribution in [1.82, 2.24) is 0 Å². The molecule has 0 aliphatic rings. The highest BCUT2D eigenvalue weighted by Gasteiger charge is 2.20. The van der Waals surface area contributed by atoms with Crippen molar-refractivity contribution in [2.45, 2.75) is 71.1 Å². The molecule has 0 heterocycles. The van der Waals surface area contributed by atoms with Gasteiger partial charge in [0.05, 0.1) is 13.2 Å². The summed E-state index contributed by atoms with van der Waals surface area (Å²) in [5.41, 5.74) is 0. The van der Waals surface area contributed by atoms with E-state index in [9.17, 15) is 9.46 Å². The molecule has 6 heteroatoms. The number of phosphoric acid groups is 1. The van der Waals surface area contributed by atoms with Crippen molar-refractivity contribution in [3.05, 3.63) is 30.3 Å². The van der Waals surface area contributed by atoms with Gasteiger partial charge in [0.15, 0.2) is 0 Å². The zero-order valence-electron chi connectivity index (χ0n) is 16.1. The van der Waals surface area contributed by atoms with E-state index in [1.165, 1.54) is 44.9 Å². The van der Waals surface area contributed by atoms with E-state index in [1.807, 2.05) is 30.3 Å². The van der Waals surface area contributed by atoms with Gasteiger partial charge in [-0.3, -0.25) is 9.05 Å². The van der Waals surface area contributed by atoms with Gasteiger partial charge in [-0.05, 0) is 18.6 Å². The first kappa shape index (κ1) is 23.2. The number of benzene rings is 1. The zero-order chi connectivity index (χ0) is 18.9. The number of unbranched alkanes of at least 4 members (excludes halogenated alkanes) is 9. The fourth-order valence-corrected chi connectivity index (χ4v) is 3.38. The highest BCUT2D eigenvalue weighted by molar-refractivity contribution is 7.47. The van der Waals surface area contributed by atoms with E-state index >= 15 is 0 Å². The van der Waals surface area contributed by atoms with Crippen LogP contribution in [0, 0.1) is 0 Å². The molecule has 0 aromatic heterocycles. The van der Waals surface area contributed by atoms with Crippen molar-refractivity contribution < 1.29 is 23.2 Å². The van der Waals surface area contributed by atoms with Crippen molar-refractivity contribution in [2.75, 3.05) is 19.8 Å². The van der Waals surface area contributed by atoms with Crippen LogP contribution in [0.3, 0.4) is 0 Å². The highest BCUT2D eigenvalue weighted by Crippen LogP contribution is 2.43. The minimum atomic E-state index is -3.97. The number of phosphoric ester groups is 1. The molecule has 0 fully saturated rings. The van der Waals surface area contributed by atoms with E-state index in [0.717, 1.165) is 19.3 Å². The summed E-state index contributed by atoms with van der Waals surface area (Å²) in [5.74, 6) is 0.704. The van der Waals surface area contributed by atoms with Crippen molar-refractivity contribution in [3.63, 3.8) is 0 Å². The Morgan fingerprint density at radius 2 is 1.31 bits per heavy atom. The van der Waals surface area contributed by atoms with Gasteiger partial charge in [-0.2, -0.15) is 0 Å². The van der Waals surface area contributed by atoms with Gasteiger partial charge in [0.25, 0.3) is 0 Å². The van der Waals surface area contributed by atoms with Crippen molar-refractivity contribution in [3.8, 4) is 5.75 Å². The molecule has 0 aliphatic carbocycles. The maximum absolute atomic E-state index is 11.7. The van der Waals surface area contributed by atoms with E-state index in [-0.39, 0.29) is 19.8 Å². The summed E-state index contributed by atoms with van der Waals surface area (Å²) in [6.45, 7) is 2.71. The summed E-state index contributed by atoms with van der Waals surface area (Å²) in [7, 11) is -3.97. The van der Waals surface area contributed by atoms with E-state index in [1.54, 1.807) is 0 Å². The van der Waals surface area contributed by atoms with Crippen LogP contribution in [0.15, 0.2) is 30.3 Å². The van der Waals surface area contributed by atoms with Crippen LogP contribution in [0.25, 0.3) is 0 Å². The Hall–Kier alpha value is -0.870. The average molecular weight is 386 g/mol. The lowest BCUT2D eigenvalue weighted by molar-refractivity contribution is 0.127. The second-order valence-corrected chi connectivity index (χ2v) is 7.93. The summed E-state index contributed by atoms with van der Waals surface area (Å²) in [5, 5.41) is 0. The molecule has 1 unspecified atom stereocenters. The predicted molar refractivity (Wildman–Crippen MR) is 106 cm³/mol. The standard InChI is InChI=1S/C20H35O5P/c1-2-3-4-5-6-7-8-9-10-14-17-24-26(21,22)25-19-18-23-20-15-12-11-13-16-20/h11-13,15-16H,2-10,14,17-19H2,1H3,(H,21,22). The molecule has 0 bridgehead atoms. The topological polar surface area (TPSA) is 65.0 Å². The Bertz CT molecular complexity index is 480. The summed E-state index contributed by atoms with van der Waals surface area (Å²) >= 11 is 0. The molecule has 5 nitrogen and oxygen atoms in total. The van der Waals surface area contributed by atoms with E-state index in [2.05, 4.69) is 6.92 Å². The number of para-hydroxylation sites is 1. The lowest BCUT2D eigenvalue weighted by Crippen LogP contribution is -2.07. The molecule has 1 aromatic carbocycles. The monoisotopic (exact) mass is 386 g/mol. The van der Waals surface area contributed by atoms with Crippen LogP contribution >= 0.6 is 7.82 Å². The molecule has 26 heavy (non-hydrogen) atoms. The summed E-state index contributed by atoms with van der Waals surface area (Å²) in [6.07, 6.45) is 12.1. The SMILES string of the molecule is CCCCCCCCCCCCOP(=O)(O)OCCOc1ccccc1. The number of hydrogen-bond donors (Lipinski definition) is 1. The van der Waals surface area contributed by atoms with Crippen LogP contribution in [0.2, 0.25) is 0 Å². The van der Waals surface area contributed by atoms with Crippen LogP contribution in [-0.4, -0.2) is 24.7 Å². The van der Waals surface area contributed by atoms with Crippen LogP contribution in [-0.2, 0) is 13.6 Å². The molecule has 1 N–H and O–H groups in total. The Kier molecular flexibility index (Phi) is 13.6. The lowest BCUT2D eigenvalue weighted by Gasteiger charge is -2.12. The smallest absolute Gasteiger partial charge is 0.472 e. The summed E-state index contributed by atoms with van der Waals surface area (Å²) < 4.78 is 27.0. The molecule has 0 saturated heterocycles. The molecule has 1 atom stereocenters. The van der Waals surface area contributed by atoms with Gasteiger partial charge in [0, 0.05) is 0 Å². The number of hydrogen-bond acceptors (Lipinski definition) is 4. The van der Waals surface area contributed by atoms with E-state index < -0.39 is 7.82 Å². The van der Waals surface area contributed by atoms with Gasteiger partial charge in [-0.25, -0.2) is 4.57 Å². The van der Waals surface area contributed by atoms with Crippen LogP contribution < -0.4 is 4.74 Å². The second-order valence-electron chi connectivity index (χ2n) is 6.48. The van der Waals surface area contributed by atoms with Crippen molar-refractivity contribution >= 4 is 7.82 Å². The molecular weight excluding hydrogens is 351 g/mol. The molecule has 0 radical (unpaired) electrons. The fourth-order valence-electron chi connectivity index (χ4n) is 2.64. The molecule has 0 amide bonds. The molecule has 0 saturated carbocycles. The average Bonchev–Trinajstić information content (AvgIpc) is 2.64. The molecule has 150 valence electrons. The largest absolute Gasteiger partial charge is 0.491 e. The second kappa shape index (κ2) is 15.2. The maximum Gasteiger partial charge on any atom is 0.472 e. The number of rotatable bonds is 17. The van der Waals surface area contributed by atoms with Gasteiger partial charge in [0.1, 0.15) is 12.4 Å². The molecule has 1 aromatic rings.